The molecule has 0 amide bonds. The van der Waals surface area contributed by atoms with E-state index < -0.39 is 9.84 Å². The van der Waals surface area contributed by atoms with Crippen molar-refractivity contribution in [3.63, 3.8) is 0 Å². The fraction of sp³-hybridized carbons (Fsp3) is 0.222. The molecule has 6 nitrogen and oxygen atoms in total. The third kappa shape index (κ3) is 2.42. The Kier molecular flexibility index (Phi) is 3.43. The standard InChI is InChI=1S/C18H18N4O2S/c1-4-14-15-17-12(10-20-22(17)2)9-19-18(15)21-16(14)11-6-5-7-13(8-11)25(3,23)24/h5-10,20H,4H2,1-3H3. The van der Waals surface area contributed by atoms with Gasteiger partial charge in [-0.2, -0.15) is 0 Å². The number of nitrogens with one attached hydrogen (secondary N) is 1. The molecule has 0 unspecified atom stereocenters. The van der Waals surface area contributed by atoms with Gasteiger partial charge in [0.15, 0.2) is 15.5 Å². The van der Waals surface area contributed by atoms with E-state index in [4.69, 9.17) is 4.98 Å². The maximum Gasteiger partial charge on any atom is 0.175 e. The number of rotatable bonds is 3. The van der Waals surface area contributed by atoms with E-state index in [0.29, 0.717) is 10.5 Å². The lowest BCUT2D eigenvalue weighted by Crippen LogP contribution is -1.97. The van der Waals surface area contributed by atoms with Crippen LogP contribution < -0.4 is 0 Å². The second-order valence-corrected chi connectivity index (χ2v) is 8.20. The minimum absolute atomic E-state index is 0.296. The second kappa shape index (κ2) is 5.42. The summed E-state index contributed by atoms with van der Waals surface area (Å²) in [6, 6.07) is 6.94. The van der Waals surface area contributed by atoms with Crippen molar-refractivity contribution in [1.82, 2.24) is 19.7 Å². The van der Waals surface area contributed by atoms with Gasteiger partial charge in [0.2, 0.25) is 0 Å². The van der Waals surface area contributed by atoms with Crippen LogP contribution in [0.4, 0.5) is 0 Å². The van der Waals surface area contributed by atoms with Crippen molar-refractivity contribution in [3.8, 4) is 11.3 Å². The number of nitrogens with zero attached hydrogens (tertiary/aromatic N) is 3. The zero-order valence-corrected chi connectivity index (χ0v) is 15.1. The topological polar surface area (TPSA) is 80.6 Å². The number of H-pyrrole nitrogens is 1. The molecule has 1 N–H and O–H groups in total. The summed E-state index contributed by atoms with van der Waals surface area (Å²) >= 11 is 0. The molecule has 0 radical (unpaired) electrons. The van der Waals surface area contributed by atoms with Crippen molar-refractivity contribution in [2.45, 2.75) is 18.2 Å². The van der Waals surface area contributed by atoms with Gasteiger partial charge in [-0.3, -0.25) is 4.68 Å². The summed E-state index contributed by atoms with van der Waals surface area (Å²) in [5, 5.41) is 5.21. The van der Waals surface area contributed by atoms with Crippen LogP contribution in [0.25, 0.3) is 33.2 Å². The Balaban J connectivity index is 2.06. The number of aryl methyl sites for hydroxylation is 2. The van der Waals surface area contributed by atoms with E-state index in [9.17, 15) is 8.42 Å². The Morgan fingerprint density at radius 2 is 2.08 bits per heavy atom. The minimum atomic E-state index is -3.27. The van der Waals surface area contributed by atoms with Gasteiger partial charge in [-0.15, -0.1) is 0 Å². The molecular formula is C18H18N4O2S. The normalized spacial score (nSPS) is 12.3. The van der Waals surface area contributed by atoms with E-state index >= 15 is 0 Å². The highest BCUT2D eigenvalue weighted by Gasteiger charge is 2.19. The first-order chi connectivity index (χ1) is 11.9. The molecule has 128 valence electrons. The van der Waals surface area contributed by atoms with E-state index in [-0.39, 0.29) is 0 Å². The SMILES string of the molecule is CCc1c(-c2cccc(S(C)(=O)=O)c2)nc2ncc3c[nH]n(C)c3c12. The molecule has 0 saturated heterocycles. The smallest absolute Gasteiger partial charge is 0.175 e. The highest BCUT2D eigenvalue weighted by atomic mass is 32.2. The Bertz CT molecular complexity index is 1220. The summed E-state index contributed by atoms with van der Waals surface area (Å²) in [5.74, 6) is 0. The summed E-state index contributed by atoms with van der Waals surface area (Å²) in [5.41, 5.74) is 4.40. The largest absolute Gasteiger partial charge is 0.305 e. The zero-order chi connectivity index (χ0) is 17.8. The predicted octanol–water partition coefficient (Wildman–Crippen LogP) is 3.08. The van der Waals surface area contributed by atoms with Crippen molar-refractivity contribution < 1.29 is 8.42 Å². The highest BCUT2D eigenvalue weighted by molar-refractivity contribution is 7.90. The van der Waals surface area contributed by atoms with Crippen LogP contribution in [0.1, 0.15) is 12.5 Å². The molecule has 3 aromatic heterocycles. The van der Waals surface area contributed by atoms with Gasteiger partial charge in [-0.25, -0.2) is 18.4 Å². The third-order valence-corrected chi connectivity index (χ3v) is 5.61. The van der Waals surface area contributed by atoms with Gasteiger partial charge < -0.3 is 5.10 Å². The Morgan fingerprint density at radius 1 is 1.28 bits per heavy atom. The molecule has 4 rings (SSSR count). The molecule has 3 heterocycles. The molecule has 0 aliphatic heterocycles. The number of hydrogen-bond donors (Lipinski definition) is 1. The molecule has 0 aliphatic rings. The number of pyridine rings is 1. The van der Waals surface area contributed by atoms with Gasteiger partial charge in [-0.05, 0) is 24.1 Å². The molecule has 0 bridgehead atoms. The zero-order valence-electron chi connectivity index (χ0n) is 14.2. The molecule has 0 saturated carbocycles. The van der Waals surface area contributed by atoms with E-state index in [1.165, 1.54) is 6.26 Å². The highest BCUT2D eigenvalue weighted by Crippen LogP contribution is 2.34. The summed E-state index contributed by atoms with van der Waals surface area (Å²) < 4.78 is 25.7. The summed E-state index contributed by atoms with van der Waals surface area (Å²) in [6.07, 6.45) is 5.71. The second-order valence-electron chi connectivity index (χ2n) is 6.19. The van der Waals surface area contributed by atoms with Gasteiger partial charge in [0.25, 0.3) is 0 Å². The molecule has 4 aromatic rings. The summed E-state index contributed by atoms with van der Waals surface area (Å²) in [4.78, 5) is 9.50. The average molecular weight is 354 g/mol. The Hall–Kier alpha value is -2.67. The number of hydrogen-bond acceptors (Lipinski definition) is 4. The first-order valence-corrected chi connectivity index (χ1v) is 9.91. The quantitative estimate of drug-likeness (QED) is 0.613. The van der Waals surface area contributed by atoms with E-state index in [1.807, 2.05) is 24.0 Å². The van der Waals surface area contributed by atoms with Crippen LogP contribution in [0.3, 0.4) is 0 Å². The van der Waals surface area contributed by atoms with Crippen LogP contribution in [-0.4, -0.2) is 34.4 Å². The monoisotopic (exact) mass is 354 g/mol. The molecule has 0 aliphatic carbocycles. The number of sulfone groups is 1. The first kappa shape index (κ1) is 15.8. The van der Waals surface area contributed by atoms with Crippen molar-refractivity contribution in [2.75, 3.05) is 6.26 Å². The van der Waals surface area contributed by atoms with Crippen LogP contribution in [0.5, 0.6) is 0 Å². The van der Waals surface area contributed by atoms with Crippen LogP contribution in [0.2, 0.25) is 0 Å². The number of aromatic amines is 1. The van der Waals surface area contributed by atoms with Crippen LogP contribution >= 0.6 is 0 Å². The maximum absolute atomic E-state index is 11.9. The van der Waals surface area contributed by atoms with E-state index in [2.05, 4.69) is 17.0 Å². The fourth-order valence-electron chi connectivity index (χ4n) is 3.32. The van der Waals surface area contributed by atoms with Crippen molar-refractivity contribution in [2.24, 2.45) is 7.05 Å². The van der Waals surface area contributed by atoms with Gasteiger partial charge in [0, 0.05) is 36.6 Å². The van der Waals surface area contributed by atoms with Crippen LogP contribution in [-0.2, 0) is 23.3 Å². The predicted molar refractivity (Wildman–Crippen MR) is 98.3 cm³/mol. The molecule has 0 fully saturated rings. The number of aromatic nitrogens is 4. The number of fused-ring (bicyclic) bond motifs is 3. The molecular weight excluding hydrogens is 336 g/mol. The molecule has 0 spiro atoms. The Labute approximate surface area is 145 Å². The third-order valence-electron chi connectivity index (χ3n) is 4.50. The van der Waals surface area contributed by atoms with E-state index in [1.54, 1.807) is 24.4 Å². The van der Waals surface area contributed by atoms with Crippen LogP contribution in [0, 0.1) is 0 Å². The van der Waals surface area contributed by atoms with Gasteiger partial charge >= 0.3 is 0 Å². The minimum Gasteiger partial charge on any atom is -0.305 e. The van der Waals surface area contributed by atoms with E-state index in [0.717, 1.165) is 39.5 Å². The van der Waals surface area contributed by atoms with Gasteiger partial charge in [0.05, 0.1) is 21.5 Å². The fourth-order valence-corrected chi connectivity index (χ4v) is 3.98. The Morgan fingerprint density at radius 3 is 2.80 bits per heavy atom. The molecule has 25 heavy (non-hydrogen) atoms. The van der Waals surface area contributed by atoms with Crippen molar-refractivity contribution >= 4 is 31.8 Å². The van der Waals surface area contributed by atoms with Gasteiger partial charge in [0.1, 0.15) is 0 Å². The molecule has 7 heteroatoms. The summed E-state index contributed by atoms with van der Waals surface area (Å²) in [7, 11) is -1.31. The first-order valence-electron chi connectivity index (χ1n) is 8.02. The van der Waals surface area contributed by atoms with Crippen LogP contribution in [0.15, 0.2) is 41.6 Å². The lowest BCUT2D eigenvalue weighted by molar-refractivity contribution is 0.602. The van der Waals surface area contributed by atoms with Crippen molar-refractivity contribution in [3.05, 3.63) is 42.2 Å². The molecule has 1 aromatic carbocycles. The lowest BCUT2D eigenvalue weighted by Gasteiger charge is -2.05. The van der Waals surface area contributed by atoms with Crippen molar-refractivity contribution in [1.29, 1.82) is 0 Å². The summed E-state index contributed by atoms with van der Waals surface area (Å²) in [6.45, 7) is 2.08. The molecule has 0 atom stereocenters. The maximum atomic E-state index is 11.9. The van der Waals surface area contributed by atoms with Gasteiger partial charge in [-0.1, -0.05) is 19.1 Å². The average Bonchev–Trinajstić information content (AvgIpc) is 3.14. The lowest BCUT2D eigenvalue weighted by atomic mass is 10.0. The number of benzene rings is 1.